The minimum absolute atomic E-state index is 0.0571. The summed E-state index contributed by atoms with van der Waals surface area (Å²) < 4.78 is 0. The molecule has 2 heterocycles. The summed E-state index contributed by atoms with van der Waals surface area (Å²) in [6.45, 7) is 4.36. The van der Waals surface area contributed by atoms with Gasteiger partial charge in [-0.2, -0.15) is 0 Å². The van der Waals surface area contributed by atoms with E-state index in [4.69, 9.17) is 0 Å². The van der Waals surface area contributed by atoms with Crippen LogP contribution in [0.5, 0.6) is 0 Å². The minimum atomic E-state index is -0.312. The first-order valence-corrected chi connectivity index (χ1v) is 6.11. The normalized spacial score (nSPS) is 31.5. The number of nitrogens with one attached hydrogen (secondary N) is 2. The Hall–Kier alpha value is -0.750. The summed E-state index contributed by atoms with van der Waals surface area (Å²) in [5.41, 5.74) is 0. The van der Waals surface area contributed by atoms with Gasteiger partial charge in [-0.25, -0.2) is 0 Å². The maximum absolute atomic E-state index is 12.0. The highest BCUT2D eigenvalue weighted by atomic mass is 32.2. The van der Waals surface area contributed by atoms with Crippen molar-refractivity contribution in [2.75, 3.05) is 25.4 Å². The van der Waals surface area contributed by atoms with Gasteiger partial charge in [0.1, 0.15) is 6.04 Å². The summed E-state index contributed by atoms with van der Waals surface area (Å²) in [4.78, 5) is 24.8. The van der Waals surface area contributed by atoms with Crippen molar-refractivity contribution in [1.29, 1.82) is 0 Å². The predicted octanol–water partition coefficient (Wildman–Crippen LogP) is -0.368. The molecule has 6 heteroatoms. The Morgan fingerprint density at radius 2 is 2.40 bits per heavy atom. The molecule has 0 bridgehead atoms. The van der Waals surface area contributed by atoms with E-state index in [9.17, 15) is 9.59 Å². The topological polar surface area (TPSA) is 61.4 Å². The van der Waals surface area contributed by atoms with Crippen molar-refractivity contribution in [2.24, 2.45) is 0 Å². The molecule has 2 amide bonds. The zero-order chi connectivity index (χ0) is 10.8. The molecule has 2 aliphatic heterocycles. The molecule has 2 saturated heterocycles. The Kier molecular flexibility index (Phi) is 3.16. The number of hydrogen-bond donors (Lipinski definition) is 2. The van der Waals surface area contributed by atoms with Crippen molar-refractivity contribution in [2.45, 2.75) is 19.0 Å². The van der Waals surface area contributed by atoms with Crippen molar-refractivity contribution >= 4 is 22.9 Å². The van der Waals surface area contributed by atoms with Crippen molar-refractivity contribution in [3.8, 4) is 0 Å². The van der Waals surface area contributed by atoms with Gasteiger partial charge in [0.25, 0.3) is 5.24 Å². The average molecular weight is 229 g/mol. The van der Waals surface area contributed by atoms with Gasteiger partial charge in [0.2, 0.25) is 5.91 Å². The number of amides is 2. The van der Waals surface area contributed by atoms with E-state index in [0.29, 0.717) is 11.8 Å². The third-order valence-corrected chi connectivity index (χ3v) is 3.53. The zero-order valence-electron chi connectivity index (χ0n) is 8.66. The summed E-state index contributed by atoms with van der Waals surface area (Å²) >= 11 is 1.19. The fourth-order valence-electron chi connectivity index (χ4n) is 1.87. The highest BCUT2D eigenvalue weighted by Crippen LogP contribution is 2.15. The molecule has 2 atom stereocenters. The lowest BCUT2D eigenvalue weighted by Gasteiger charge is -2.33. The molecule has 2 rings (SSSR count). The van der Waals surface area contributed by atoms with Gasteiger partial charge in [0.15, 0.2) is 0 Å². The molecule has 0 spiro atoms. The number of carbonyl (C=O) groups excluding carboxylic acids is 2. The Morgan fingerprint density at radius 3 is 3.00 bits per heavy atom. The summed E-state index contributed by atoms with van der Waals surface area (Å²) in [5.74, 6) is 0.623. The first-order chi connectivity index (χ1) is 7.16. The van der Waals surface area contributed by atoms with Crippen LogP contribution in [0, 0.1) is 0 Å². The molecular formula is C9H15N3O2S. The molecule has 0 saturated carbocycles. The van der Waals surface area contributed by atoms with Crippen LogP contribution in [0.2, 0.25) is 0 Å². The van der Waals surface area contributed by atoms with E-state index >= 15 is 0 Å². The molecular weight excluding hydrogens is 214 g/mol. The highest BCUT2D eigenvalue weighted by molar-refractivity contribution is 8.14. The first kappa shape index (κ1) is 10.8. The maximum Gasteiger partial charge on any atom is 0.279 e. The van der Waals surface area contributed by atoms with E-state index in [1.165, 1.54) is 11.8 Å². The van der Waals surface area contributed by atoms with Crippen LogP contribution in [0.4, 0.5) is 4.79 Å². The Morgan fingerprint density at radius 1 is 1.60 bits per heavy atom. The van der Waals surface area contributed by atoms with E-state index in [2.05, 4.69) is 17.6 Å². The average Bonchev–Trinajstić information content (AvgIpc) is 2.64. The summed E-state index contributed by atoms with van der Waals surface area (Å²) in [7, 11) is 0. The van der Waals surface area contributed by atoms with E-state index in [1.54, 1.807) is 0 Å². The summed E-state index contributed by atoms with van der Waals surface area (Å²) in [6, 6.07) is 0.0280. The number of rotatable bonds is 1. The van der Waals surface area contributed by atoms with Crippen LogP contribution in [0.1, 0.15) is 6.92 Å². The van der Waals surface area contributed by atoms with E-state index in [-0.39, 0.29) is 17.2 Å². The van der Waals surface area contributed by atoms with Gasteiger partial charge in [-0.05, 0) is 6.92 Å². The first-order valence-electron chi connectivity index (χ1n) is 5.12. The van der Waals surface area contributed by atoms with E-state index in [0.717, 1.165) is 19.6 Å². The number of hydrogen-bond acceptors (Lipinski definition) is 4. The van der Waals surface area contributed by atoms with Crippen LogP contribution < -0.4 is 10.6 Å². The number of nitrogens with zero attached hydrogens (tertiary/aromatic N) is 1. The van der Waals surface area contributed by atoms with Gasteiger partial charge >= 0.3 is 0 Å². The summed E-state index contributed by atoms with van der Waals surface area (Å²) in [6.07, 6.45) is 0. The van der Waals surface area contributed by atoms with E-state index < -0.39 is 0 Å². The van der Waals surface area contributed by atoms with Gasteiger partial charge in [-0.1, -0.05) is 11.8 Å². The second-order valence-electron chi connectivity index (χ2n) is 3.93. The SMILES string of the molecule is C[C@@H]1CN(C(=O)[C@@H]2CSC(=O)N2)CCN1. The van der Waals surface area contributed by atoms with Crippen LogP contribution in [0.25, 0.3) is 0 Å². The van der Waals surface area contributed by atoms with Crippen molar-refractivity contribution in [3.63, 3.8) is 0 Å². The predicted molar refractivity (Wildman–Crippen MR) is 58.8 cm³/mol. The molecule has 5 nitrogen and oxygen atoms in total. The Bertz CT molecular complexity index is 285. The third kappa shape index (κ3) is 2.43. The molecule has 2 fully saturated rings. The lowest BCUT2D eigenvalue weighted by molar-refractivity contribution is -0.133. The molecule has 84 valence electrons. The quantitative estimate of drug-likeness (QED) is 0.644. The number of thioether (sulfide) groups is 1. The zero-order valence-corrected chi connectivity index (χ0v) is 9.47. The van der Waals surface area contributed by atoms with Crippen molar-refractivity contribution in [3.05, 3.63) is 0 Å². The molecule has 0 aliphatic carbocycles. The lowest BCUT2D eigenvalue weighted by Crippen LogP contribution is -2.55. The molecule has 0 aromatic heterocycles. The molecule has 2 aliphatic rings. The maximum atomic E-state index is 12.0. The summed E-state index contributed by atoms with van der Waals surface area (Å²) in [5, 5.41) is 5.87. The number of carbonyl (C=O) groups is 2. The van der Waals surface area contributed by atoms with Crippen molar-refractivity contribution < 1.29 is 9.59 Å². The van der Waals surface area contributed by atoms with Gasteiger partial charge < -0.3 is 15.5 Å². The van der Waals surface area contributed by atoms with Gasteiger partial charge in [0, 0.05) is 31.4 Å². The van der Waals surface area contributed by atoms with Crippen molar-refractivity contribution in [1.82, 2.24) is 15.5 Å². The van der Waals surface area contributed by atoms with Gasteiger partial charge in [-0.15, -0.1) is 0 Å². The molecule has 0 aromatic rings. The van der Waals surface area contributed by atoms with Crippen LogP contribution in [-0.2, 0) is 4.79 Å². The molecule has 0 aromatic carbocycles. The molecule has 2 N–H and O–H groups in total. The fraction of sp³-hybridized carbons (Fsp3) is 0.778. The molecule has 0 radical (unpaired) electrons. The van der Waals surface area contributed by atoms with Crippen LogP contribution >= 0.6 is 11.8 Å². The second-order valence-corrected chi connectivity index (χ2v) is 4.93. The Balaban J connectivity index is 1.92. The van der Waals surface area contributed by atoms with Gasteiger partial charge in [-0.3, -0.25) is 9.59 Å². The fourth-order valence-corrected chi connectivity index (χ4v) is 2.64. The van der Waals surface area contributed by atoms with Gasteiger partial charge in [0.05, 0.1) is 0 Å². The molecule has 15 heavy (non-hydrogen) atoms. The van der Waals surface area contributed by atoms with E-state index in [1.807, 2.05) is 4.90 Å². The standard InChI is InChI=1S/C9H15N3O2S/c1-6-4-12(3-2-10-6)8(13)7-5-15-9(14)11-7/h6-7,10H,2-5H2,1H3,(H,11,14)/t6-,7+/m1/s1. The van der Waals surface area contributed by atoms with Crippen LogP contribution in [0.3, 0.4) is 0 Å². The second kappa shape index (κ2) is 4.40. The Labute approximate surface area is 93.0 Å². The lowest BCUT2D eigenvalue weighted by atomic mass is 10.2. The minimum Gasteiger partial charge on any atom is -0.338 e. The number of piperazine rings is 1. The smallest absolute Gasteiger partial charge is 0.279 e. The monoisotopic (exact) mass is 229 g/mol. The van der Waals surface area contributed by atoms with Crippen LogP contribution in [0.15, 0.2) is 0 Å². The third-order valence-electron chi connectivity index (χ3n) is 2.65. The largest absolute Gasteiger partial charge is 0.338 e. The highest BCUT2D eigenvalue weighted by Gasteiger charge is 2.32. The molecule has 0 unspecified atom stereocenters. The van der Waals surface area contributed by atoms with Crippen LogP contribution in [-0.4, -0.2) is 53.5 Å².